The van der Waals surface area contributed by atoms with Crippen LogP contribution in [0.15, 0.2) is 0 Å². The Hall–Kier alpha value is -0.180. The molecule has 1 unspecified atom stereocenters. The average Bonchev–Trinajstić information content (AvgIpc) is 2.24. The van der Waals surface area contributed by atoms with Crippen molar-refractivity contribution in [2.75, 3.05) is 6.54 Å². The Labute approximate surface area is 79.1 Å². The second kappa shape index (κ2) is 3.19. The fourth-order valence-electron chi connectivity index (χ4n) is 2.05. The van der Waals surface area contributed by atoms with Crippen molar-refractivity contribution in [3.8, 4) is 0 Å². The molecule has 1 atom stereocenters. The zero-order valence-electron chi connectivity index (χ0n) is 8.90. The molecule has 1 aliphatic rings. The van der Waals surface area contributed by atoms with Crippen LogP contribution >= 0.6 is 0 Å². The zero-order valence-corrected chi connectivity index (χ0v) is 8.90. The predicted molar refractivity (Wildman–Crippen MR) is 50.1 cm³/mol. The van der Waals surface area contributed by atoms with Crippen LogP contribution in [0, 0.1) is 0 Å². The van der Waals surface area contributed by atoms with Crippen molar-refractivity contribution in [3.63, 3.8) is 0 Å². The fraction of sp³-hybridized carbons (Fsp3) is 1.00. The van der Waals surface area contributed by atoms with Gasteiger partial charge in [-0.3, -0.25) is 4.90 Å². The summed E-state index contributed by atoms with van der Waals surface area (Å²) < 4.78 is 26.2. The first-order chi connectivity index (χ1) is 5.76. The maximum absolute atomic E-state index is 13.1. The lowest BCUT2D eigenvalue weighted by atomic mass is 10.0. The second-order valence-electron chi connectivity index (χ2n) is 4.92. The summed E-state index contributed by atoms with van der Waals surface area (Å²) in [5.74, 6) is -2.48. The first-order valence-electron chi connectivity index (χ1n) is 4.91. The number of alkyl halides is 2. The first-order valence-corrected chi connectivity index (χ1v) is 4.91. The molecule has 3 heteroatoms. The van der Waals surface area contributed by atoms with Crippen LogP contribution in [0.3, 0.4) is 0 Å². The van der Waals surface area contributed by atoms with Gasteiger partial charge in [0.05, 0.1) is 6.54 Å². The molecule has 0 saturated carbocycles. The van der Waals surface area contributed by atoms with Crippen molar-refractivity contribution in [1.29, 1.82) is 0 Å². The van der Waals surface area contributed by atoms with Gasteiger partial charge in [0.15, 0.2) is 0 Å². The predicted octanol–water partition coefficient (Wildman–Crippen LogP) is 2.90. The van der Waals surface area contributed by atoms with E-state index in [4.69, 9.17) is 0 Å². The van der Waals surface area contributed by atoms with E-state index in [0.717, 1.165) is 6.42 Å². The van der Waals surface area contributed by atoms with Gasteiger partial charge in [0.1, 0.15) is 0 Å². The molecular weight excluding hydrogens is 172 g/mol. The van der Waals surface area contributed by atoms with E-state index in [9.17, 15) is 8.78 Å². The van der Waals surface area contributed by atoms with E-state index >= 15 is 0 Å². The highest BCUT2D eigenvalue weighted by Gasteiger charge is 2.47. The van der Waals surface area contributed by atoms with E-state index in [1.54, 1.807) is 0 Å². The molecule has 1 aliphatic heterocycles. The molecule has 1 heterocycles. The van der Waals surface area contributed by atoms with Gasteiger partial charge in [0, 0.05) is 18.0 Å². The van der Waals surface area contributed by atoms with Gasteiger partial charge in [-0.15, -0.1) is 0 Å². The highest BCUT2D eigenvalue weighted by atomic mass is 19.3. The molecule has 0 N–H and O–H groups in total. The highest BCUT2D eigenvalue weighted by Crippen LogP contribution is 2.37. The normalized spacial score (nSPS) is 29.5. The highest BCUT2D eigenvalue weighted by molar-refractivity contribution is 4.95. The minimum Gasteiger partial charge on any atom is -0.289 e. The summed E-state index contributed by atoms with van der Waals surface area (Å²) in [4.78, 5) is 1.92. The standard InChI is InChI=1S/C10H19F2N/c1-5-8-6-10(11,12)7-13(8)9(2,3)4/h8H,5-7H2,1-4H3. The van der Waals surface area contributed by atoms with Crippen LogP contribution < -0.4 is 0 Å². The summed E-state index contributed by atoms with van der Waals surface area (Å²) in [7, 11) is 0. The number of hydrogen-bond acceptors (Lipinski definition) is 1. The maximum atomic E-state index is 13.1. The molecular formula is C10H19F2N. The lowest BCUT2D eigenvalue weighted by molar-refractivity contribution is 0.00135. The van der Waals surface area contributed by atoms with E-state index in [-0.39, 0.29) is 24.5 Å². The quantitative estimate of drug-likeness (QED) is 0.616. The summed E-state index contributed by atoms with van der Waals surface area (Å²) in [6.45, 7) is 7.89. The Kier molecular flexibility index (Phi) is 2.68. The van der Waals surface area contributed by atoms with Crippen molar-refractivity contribution in [2.24, 2.45) is 0 Å². The summed E-state index contributed by atoms with van der Waals surface area (Å²) in [6.07, 6.45) is 0.841. The van der Waals surface area contributed by atoms with Crippen LogP contribution in [-0.4, -0.2) is 28.9 Å². The molecule has 78 valence electrons. The summed E-state index contributed by atoms with van der Waals surface area (Å²) in [5, 5.41) is 0. The van der Waals surface area contributed by atoms with Gasteiger partial charge < -0.3 is 0 Å². The van der Waals surface area contributed by atoms with Gasteiger partial charge in [-0.2, -0.15) is 0 Å². The Bertz CT molecular complexity index is 184. The zero-order chi connectivity index (χ0) is 10.3. The summed E-state index contributed by atoms with van der Waals surface area (Å²) >= 11 is 0. The SMILES string of the molecule is CCC1CC(F)(F)CN1C(C)(C)C. The monoisotopic (exact) mass is 191 g/mol. The average molecular weight is 191 g/mol. The fourth-order valence-corrected chi connectivity index (χ4v) is 2.05. The van der Waals surface area contributed by atoms with E-state index in [0.29, 0.717) is 0 Å². The maximum Gasteiger partial charge on any atom is 0.262 e. The molecule has 0 aliphatic carbocycles. The van der Waals surface area contributed by atoms with Gasteiger partial charge in [0.25, 0.3) is 5.92 Å². The van der Waals surface area contributed by atoms with E-state index in [1.165, 1.54) is 0 Å². The number of hydrogen-bond donors (Lipinski definition) is 0. The topological polar surface area (TPSA) is 3.24 Å². The van der Waals surface area contributed by atoms with Crippen LogP contribution in [0.2, 0.25) is 0 Å². The number of nitrogens with zero attached hydrogens (tertiary/aromatic N) is 1. The molecule has 13 heavy (non-hydrogen) atoms. The molecule has 1 saturated heterocycles. The summed E-state index contributed by atoms with van der Waals surface area (Å²) in [6, 6.07) is 0.0509. The first kappa shape index (κ1) is 10.9. The third-order valence-electron chi connectivity index (χ3n) is 2.71. The van der Waals surface area contributed by atoms with Crippen LogP contribution in [-0.2, 0) is 0 Å². The van der Waals surface area contributed by atoms with Crippen LogP contribution in [0.5, 0.6) is 0 Å². The van der Waals surface area contributed by atoms with Gasteiger partial charge in [-0.05, 0) is 27.2 Å². The van der Waals surface area contributed by atoms with Crippen molar-refractivity contribution in [3.05, 3.63) is 0 Å². The molecule has 1 nitrogen and oxygen atoms in total. The van der Waals surface area contributed by atoms with Crippen molar-refractivity contribution in [2.45, 2.75) is 58.0 Å². The molecule has 1 fully saturated rings. The van der Waals surface area contributed by atoms with Gasteiger partial charge in [-0.25, -0.2) is 8.78 Å². The second-order valence-corrected chi connectivity index (χ2v) is 4.92. The largest absolute Gasteiger partial charge is 0.289 e. The molecule has 0 spiro atoms. The lowest BCUT2D eigenvalue weighted by Crippen LogP contribution is -2.45. The number of rotatable bonds is 1. The number of halogens is 2. The lowest BCUT2D eigenvalue weighted by Gasteiger charge is -2.36. The molecule has 0 bridgehead atoms. The Morgan fingerprint density at radius 3 is 2.23 bits per heavy atom. The van der Waals surface area contributed by atoms with Crippen molar-refractivity contribution in [1.82, 2.24) is 4.90 Å². The van der Waals surface area contributed by atoms with Crippen LogP contribution in [0.1, 0.15) is 40.5 Å². The molecule has 0 radical (unpaired) electrons. The smallest absolute Gasteiger partial charge is 0.262 e. The minimum atomic E-state index is -2.48. The molecule has 0 amide bonds. The Balaban J connectivity index is 2.75. The minimum absolute atomic E-state index is 0.0285. The van der Waals surface area contributed by atoms with Crippen molar-refractivity contribution >= 4 is 0 Å². The summed E-state index contributed by atoms with van der Waals surface area (Å²) in [5.41, 5.74) is -0.138. The molecule has 0 aromatic carbocycles. The van der Waals surface area contributed by atoms with E-state index in [2.05, 4.69) is 0 Å². The molecule has 0 aromatic heterocycles. The van der Waals surface area contributed by atoms with E-state index in [1.807, 2.05) is 32.6 Å². The molecule has 1 rings (SSSR count). The number of likely N-dealkylation sites (tertiary alicyclic amines) is 1. The Morgan fingerprint density at radius 1 is 1.38 bits per heavy atom. The molecule has 0 aromatic rings. The third-order valence-corrected chi connectivity index (χ3v) is 2.71. The Morgan fingerprint density at radius 2 is 1.92 bits per heavy atom. The van der Waals surface area contributed by atoms with Crippen LogP contribution in [0.4, 0.5) is 8.78 Å². The van der Waals surface area contributed by atoms with Crippen LogP contribution in [0.25, 0.3) is 0 Å². The van der Waals surface area contributed by atoms with Gasteiger partial charge in [-0.1, -0.05) is 6.92 Å². The van der Waals surface area contributed by atoms with Gasteiger partial charge in [0.2, 0.25) is 0 Å². The van der Waals surface area contributed by atoms with E-state index < -0.39 is 5.92 Å². The van der Waals surface area contributed by atoms with Gasteiger partial charge >= 0.3 is 0 Å². The van der Waals surface area contributed by atoms with Crippen molar-refractivity contribution < 1.29 is 8.78 Å². The third kappa shape index (κ3) is 2.39.